The molecule has 0 aliphatic heterocycles. The molecule has 0 N–H and O–H groups in total. The summed E-state index contributed by atoms with van der Waals surface area (Å²) in [6.07, 6.45) is 0. The molecule has 0 aromatic rings. The standard InChI is InChI=1S/C13H33NSi2/c1-11(2)14(12(3)4)16(9,10)13(5)15(6,7)8/h11-13H,1-10H3. The highest BCUT2D eigenvalue weighted by Gasteiger charge is 2.43. The average Bonchev–Trinajstić information content (AvgIpc) is 1.98. The fourth-order valence-corrected chi connectivity index (χ4v) is 15.2. The predicted molar refractivity (Wildman–Crippen MR) is 82.4 cm³/mol. The summed E-state index contributed by atoms with van der Waals surface area (Å²) in [6, 6.07) is 1.36. The lowest BCUT2D eigenvalue weighted by atomic mass is 10.3. The summed E-state index contributed by atoms with van der Waals surface area (Å²) in [6.45, 7) is 24.6. The van der Waals surface area contributed by atoms with E-state index in [4.69, 9.17) is 0 Å². The van der Waals surface area contributed by atoms with Gasteiger partial charge in [-0.15, -0.1) is 0 Å². The Hall–Kier alpha value is 0.394. The van der Waals surface area contributed by atoms with Gasteiger partial charge in [-0.25, -0.2) is 0 Å². The van der Waals surface area contributed by atoms with Crippen LogP contribution in [0.3, 0.4) is 0 Å². The molecule has 0 spiro atoms. The third-order valence-corrected chi connectivity index (χ3v) is 15.9. The molecular formula is C13H33NSi2. The van der Waals surface area contributed by atoms with Crippen molar-refractivity contribution in [3.05, 3.63) is 0 Å². The Balaban J connectivity index is 5.14. The Morgan fingerprint density at radius 1 is 0.688 bits per heavy atom. The van der Waals surface area contributed by atoms with Crippen LogP contribution in [-0.2, 0) is 0 Å². The molecule has 0 radical (unpaired) electrons. The molecule has 0 saturated carbocycles. The molecule has 98 valence electrons. The van der Waals surface area contributed by atoms with Crippen molar-refractivity contribution < 1.29 is 0 Å². The largest absolute Gasteiger partial charge is 0.319 e. The molecule has 0 fully saturated rings. The van der Waals surface area contributed by atoms with Crippen LogP contribution in [0.15, 0.2) is 0 Å². The molecule has 0 aliphatic carbocycles. The van der Waals surface area contributed by atoms with E-state index in [9.17, 15) is 0 Å². The van der Waals surface area contributed by atoms with Crippen LogP contribution >= 0.6 is 0 Å². The molecule has 0 saturated heterocycles. The third-order valence-electron chi connectivity index (χ3n) is 4.14. The van der Waals surface area contributed by atoms with Gasteiger partial charge in [0.15, 0.2) is 0 Å². The molecule has 1 unspecified atom stereocenters. The van der Waals surface area contributed by atoms with E-state index in [0.717, 1.165) is 5.16 Å². The minimum atomic E-state index is -1.30. The van der Waals surface area contributed by atoms with E-state index in [1.54, 1.807) is 0 Å². The van der Waals surface area contributed by atoms with E-state index in [0.29, 0.717) is 12.1 Å². The van der Waals surface area contributed by atoms with Crippen LogP contribution in [0.1, 0.15) is 34.6 Å². The maximum absolute atomic E-state index is 2.82. The summed E-state index contributed by atoms with van der Waals surface area (Å²) in [5, 5.41) is 0.935. The molecule has 0 amide bonds. The maximum Gasteiger partial charge on any atom is 0.122 e. The van der Waals surface area contributed by atoms with Crippen LogP contribution < -0.4 is 0 Å². The summed E-state index contributed by atoms with van der Waals surface area (Å²) >= 11 is 0. The smallest absolute Gasteiger partial charge is 0.122 e. The van der Waals surface area contributed by atoms with Crippen molar-refractivity contribution in [1.29, 1.82) is 0 Å². The molecule has 0 bridgehead atoms. The summed E-state index contributed by atoms with van der Waals surface area (Å²) in [5.41, 5.74) is 0. The molecule has 3 heteroatoms. The van der Waals surface area contributed by atoms with Crippen LogP contribution in [0.5, 0.6) is 0 Å². The second-order valence-electron chi connectivity index (χ2n) is 7.34. The topological polar surface area (TPSA) is 3.24 Å². The van der Waals surface area contributed by atoms with E-state index in [1.165, 1.54) is 0 Å². The Kier molecular flexibility index (Phi) is 5.49. The van der Waals surface area contributed by atoms with Crippen molar-refractivity contribution in [1.82, 2.24) is 4.57 Å². The Morgan fingerprint density at radius 2 is 1.00 bits per heavy atom. The normalized spacial score (nSPS) is 16.3. The molecule has 0 aromatic heterocycles. The van der Waals surface area contributed by atoms with Crippen LogP contribution in [0.2, 0.25) is 37.9 Å². The molecule has 1 nitrogen and oxygen atoms in total. The third kappa shape index (κ3) is 3.71. The summed E-state index contributed by atoms with van der Waals surface area (Å²) in [7, 11) is -2.33. The Morgan fingerprint density at radius 3 is 1.19 bits per heavy atom. The lowest BCUT2D eigenvalue weighted by Crippen LogP contribution is -2.61. The highest BCUT2D eigenvalue weighted by molar-refractivity contribution is 6.95. The maximum atomic E-state index is 2.82. The lowest BCUT2D eigenvalue weighted by Gasteiger charge is -2.49. The molecule has 1 atom stereocenters. The minimum absolute atomic E-state index is 0.681. The lowest BCUT2D eigenvalue weighted by molar-refractivity contribution is 0.292. The minimum Gasteiger partial charge on any atom is -0.319 e. The van der Waals surface area contributed by atoms with E-state index in [2.05, 4.69) is 71.9 Å². The fraction of sp³-hybridized carbons (Fsp3) is 1.00. The van der Waals surface area contributed by atoms with Gasteiger partial charge in [-0.05, 0) is 17.2 Å². The van der Waals surface area contributed by atoms with Gasteiger partial charge >= 0.3 is 0 Å². The number of hydrogen-bond donors (Lipinski definition) is 0. The highest BCUT2D eigenvalue weighted by Crippen LogP contribution is 2.35. The molecule has 16 heavy (non-hydrogen) atoms. The van der Waals surface area contributed by atoms with Gasteiger partial charge in [0.25, 0.3) is 0 Å². The van der Waals surface area contributed by atoms with Gasteiger partial charge in [0.1, 0.15) is 8.24 Å². The first kappa shape index (κ1) is 16.4. The number of rotatable bonds is 5. The Labute approximate surface area is 106 Å². The zero-order chi connectivity index (χ0) is 13.3. The molecule has 0 heterocycles. The van der Waals surface area contributed by atoms with Crippen LogP contribution in [-0.4, -0.2) is 33.0 Å². The molecule has 0 aromatic carbocycles. The first-order valence-corrected chi connectivity index (χ1v) is 13.3. The van der Waals surface area contributed by atoms with Crippen LogP contribution in [0.25, 0.3) is 0 Å². The van der Waals surface area contributed by atoms with Gasteiger partial charge in [-0.2, -0.15) is 0 Å². The highest BCUT2D eigenvalue weighted by atomic mass is 28.4. The van der Waals surface area contributed by atoms with E-state index >= 15 is 0 Å². The zero-order valence-electron chi connectivity index (χ0n) is 13.2. The average molecular weight is 260 g/mol. The van der Waals surface area contributed by atoms with Crippen LogP contribution in [0, 0.1) is 0 Å². The van der Waals surface area contributed by atoms with Crippen molar-refractivity contribution in [3.8, 4) is 0 Å². The van der Waals surface area contributed by atoms with Gasteiger partial charge in [0.05, 0.1) is 0 Å². The van der Waals surface area contributed by atoms with Crippen molar-refractivity contribution in [2.24, 2.45) is 0 Å². The first-order valence-electron chi connectivity index (χ1n) is 6.70. The summed E-state index contributed by atoms with van der Waals surface area (Å²) in [5.74, 6) is 0. The Bertz CT molecular complexity index is 208. The van der Waals surface area contributed by atoms with Crippen molar-refractivity contribution in [2.75, 3.05) is 0 Å². The second kappa shape index (κ2) is 5.36. The van der Waals surface area contributed by atoms with Gasteiger partial charge in [-0.3, -0.25) is 0 Å². The quantitative estimate of drug-likeness (QED) is 0.653. The SMILES string of the molecule is CC(C)N(C(C)C)[Si](C)(C)C(C)[Si](C)(C)C. The van der Waals surface area contributed by atoms with E-state index in [1.807, 2.05) is 0 Å². The van der Waals surface area contributed by atoms with Gasteiger partial charge < -0.3 is 4.57 Å². The van der Waals surface area contributed by atoms with Crippen molar-refractivity contribution >= 4 is 16.3 Å². The summed E-state index contributed by atoms with van der Waals surface area (Å²) in [4.78, 5) is 0. The zero-order valence-corrected chi connectivity index (χ0v) is 15.2. The molecule has 0 rings (SSSR count). The fourth-order valence-electron chi connectivity index (χ4n) is 3.21. The van der Waals surface area contributed by atoms with Crippen molar-refractivity contribution in [3.63, 3.8) is 0 Å². The van der Waals surface area contributed by atoms with Gasteiger partial charge in [0.2, 0.25) is 0 Å². The monoisotopic (exact) mass is 259 g/mol. The summed E-state index contributed by atoms with van der Waals surface area (Å²) < 4.78 is 2.82. The second-order valence-corrected chi connectivity index (χ2v) is 18.2. The van der Waals surface area contributed by atoms with E-state index in [-0.39, 0.29) is 0 Å². The molecule has 0 aliphatic rings. The van der Waals surface area contributed by atoms with E-state index < -0.39 is 16.3 Å². The first-order chi connectivity index (χ1) is 6.92. The predicted octanol–water partition coefficient (Wildman–Crippen LogP) is 4.58. The van der Waals surface area contributed by atoms with Gasteiger partial charge in [0, 0.05) is 8.07 Å². The van der Waals surface area contributed by atoms with Gasteiger partial charge in [-0.1, -0.05) is 67.4 Å². The van der Waals surface area contributed by atoms with Crippen LogP contribution in [0.4, 0.5) is 0 Å². The molecular weight excluding hydrogens is 226 g/mol. The number of hydrogen-bond acceptors (Lipinski definition) is 1. The number of nitrogens with zero attached hydrogens (tertiary/aromatic N) is 1. The van der Waals surface area contributed by atoms with Crippen molar-refractivity contribution in [2.45, 2.75) is 84.6 Å².